The van der Waals surface area contributed by atoms with Gasteiger partial charge in [-0.15, -0.1) is 0 Å². The van der Waals surface area contributed by atoms with Crippen LogP contribution in [0.2, 0.25) is 0 Å². The molecule has 0 saturated carbocycles. The summed E-state index contributed by atoms with van der Waals surface area (Å²) in [5, 5.41) is 0. The molecule has 0 atom stereocenters. The van der Waals surface area contributed by atoms with Crippen molar-refractivity contribution in [1.29, 1.82) is 0 Å². The highest BCUT2D eigenvalue weighted by Crippen LogP contribution is 2.20. The van der Waals surface area contributed by atoms with Gasteiger partial charge in [0.1, 0.15) is 0 Å². The Morgan fingerprint density at radius 1 is 1.20 bits per heavy atom. The second-order valence-corrected chi connectivity index (χ2v) is 5.18. The average Bonchev–Trinajstić information content (AvgIpc) is 2.23. The summed E-state index contributed by atoms with van der Waals surface area (Å²) in [5.41, 5.74) is 2.96. The fourth-order valence-electron chi connectivity index (χ4n) is 1.66. The van der Waals surface area contributed by atoms with Crippen molar-refractivity contribution in [1.82, 2.24) is 9.97 Å². The first-order chi connectivity index (χ1) is 7.16. The molecule has 1 aliphatic rings. The van der Waals surface area contributed by atoms with Crippen molar-refractivity contribution in [3.8, 4) is 0 Å². The van der Waals surface area contributed by atoms with Crippen molar-refractivity contribution in [3.63, 3.8) is 0 Å². The summed E-state index contributed by atoms with van der Waals surface area (Å²) in [6.45, 7) is 6.39. The average molecular weight is 315 g/mol. The normalized spacial score (nSPS) is 17.1. The maximum Gasteiger partial charge on any atom is 0.225 e. The Kier molecular flexibility index (Phi) is 3.23. The van der Waals surface area contributed by atoms with Crippen molar-refractivity contribution in [3.05, 3.63) is 27.1 Å². The molecular formula is C11H14IN3. The molecule has 15 heavy (non-hydrogen) atoms. The molecule has 0 amide bonds. The van der Waals surface area contributed by atoms with Crippen molar-refractivity contribution in [2.45, 2.75) is 20.3 Å². The predicted molar refractivity (Wildman–Crippen MR) is 70.0 cm³/mol. The topological polar surface area (TPSA) is 29.0 Å². The van der Waals surface area contributed by atoms with Crippen LogP contribution < -0.4 is 4.90 Å². The zero-order valence-electron chi connectivity index (χ0n) is 9.00. The SMILES string of the molecule is CC1=C(C)CN(c2ncc(I)cn2)CC1. The molecule has 2 rings (SSSR count). The number of rotatable bonds is 1. The van der Waals surface area contributed by atoms with Gasteiger partial charge in [-0.25, -0.2) is 9.97 Å². The van der Waals surface area contributed by atoms with E-state index in [0.29, 0.717) is 0 Å². The van der Waals surface area contributed by atoms with Gasteiger partial charge in [0.15, 0.2) is 0 Å². The number of hydrogen-bond acceptors (Lipinski definition) is 3. The van der Waals surface area contributed by atoms with Gasteiger partial charge in [-0.05, 0) is 42.9 Å². The zero-order valence-corrected chi connectivity index (χ0v) is 11.2. The summed E-state index contributed by atoms with van der Waals surface area (Å²) in [6.07, 6.45) is 4.86. The molecule has 1 aromatic rings. The molecule has 0 aromatic carbocycles. The van der Waals surface area contributed by atoms with Gasteiger partial charge in [-0.1, -0.05) is 11.1 Å². The minimum absolute atomic E-state index is 0.849. The Morgan fingerprint density at radius 2 is 1.87 bits per heavy atom. The molecular weight excluding hydrogens is 301 g/mol. The molecule has 0 saturated heterocycles. The van der Waals surface area contributed by atoms with E-state index in [-0.39, 0.29) is 0 Å². The number of anilines is 1. The minimum atomic E-state index is 0.849. The minimum Gasteiger partial charge on any atom is -0.337 e. The van der Waals surface area contributed by atoms with E-state index in [1.807, 2.05) is 12.4 Å². The van der Waals surface area contributed by atoms with Crippen LogP contribution in [0.1, 0.15) is 20.3 Å². The van der Waals surface area contributed by atoms with Gasteiger partial charge in [-0.2, -0.15) is 0 Å². The molecule has 0 fully saturated rings. The lowest BCUT2D eigenvalue weighted by molar-refractivity contribution is 0.732. The van der Waals surface area contributed by atoms with E-state index in [1.54, 1.807) is 0 Å². The van der Waals surface area contributed by atoms with Crippen LogP contribution in [0, 0.1) is 3.57 Å². The predicted octanol–water partition coefficient (Wildman–Crippen LogP) is 2.63. The van der Waals surface area contributed by atoms with Crippen LogP contribution in [0.25, 0.3) is 0 Å². The van der Waals surface area contributed by atoms with Gasteiger partial charge >= 0.3 is 0 Å². The van der Waals surface area contributed by atoms with Crippen molar-refractivity contribution < 1.29 is 0 Å². The summed E-state index contributed by atoms with van der Waals surface area (Å²) in [4.78, 5) is 10.9. The molecule has 0 bridgehead atoms. The lowest BCUT2D eigenvalue weighted by Crippen LogP contribution is -2.32. The van der Waals surface area contributed by atoms with E-state index >= 15 is 0 Å². The van der Waals surface area contributed by atoms with Crippen LogP contribution in [0.15, 0.2) is 23.5 Å². The van der Waals surface area contributed by atoms with Gasteiger partial charge in [0.25, 0.3) is 0 Å². The number of nitrogens with zero attached hydrogens (tertiary/aromatic N) is 3. The second-order valence-electron chi connectivity index (χ2n) is 3.93. The first-order valence-corrected chi connectivity index (χ1v) is 6.12. The third kappa shape index (κ3) is 2.48. The van der Waals surface area contributed by atoms with Gasteiger partial charge in [0, 0.05) is 29.1 Å². The second kappa shape index (κ2) is 4.47. The van der Waals surface area contributed by atoms with E-state index < -0.39 is 0 Å². The quantitative estimate of drug-likeness (QED) is 0.589. The Bertz CT molecular complexity index is 383. The highest BCUT2D eigenvalue weighted by molar-refractivity contribution is 14.1. The van der Waals surface area contributed by atoms with E-state index in [4.69, 9.17) is 0 Å². The van der Waals surface area contributed by atoms with Gasteiger partial charge in [0.2, 0.25) is 5.95 Å². The molecule has 0 radical (unpaired) electrons. The Hall–Kier alpha value is -0.650. The molecule has 1 aromatic heterocycles. The molecule has 0 unspecified atom stereocenters. The van der Waals surface area contributed by atoms with Crippen molar-refractivity contribution in [2.75, 3.05) is 18.0 Å². The molecule has 2 heterocycles. The van der Waals surface area contributed by atoms with E-state index in [0.717, 1.165) is 29.0 Å². The standard InChI is InChI=1S/C11H14IN3/c1-8-3-4-15(7-9(8)2)11-13-5-10(12)6-14-11/h5-6H,3-4,7H2,1-2H3. The number of halogens is 1. The third-order valence-electron chi connectivity index (χ3n) is 2.80. The fraction of sp³-hybridized carbons (Fsp3) is 0.455. The maximum atomic E-state index is 4.35. The van der Waals surface area contributed by atoms with E-state index in [9.17, 15) is 0 Å². The number of aromatic nitrogens is 2. The lowest BCUT2D eigenvalue weighted by Gasteiger charge is -2.28. The summed E-state index contributed by atoms with van der Waals surface area (Å²) in [6, 6.07) is 0. The highest BCUT2D eigenvalue weighted by atomic mass is 127. The van der Waals surface area contributed by atoms with Gasteiger partial charge in [-0.3, -0.25) is 0 Å². The zero-order chi connectivity index (χ0) is 10.8. The molecule has 3 nitrogen and oxygen atoms in total. The molecule has 0 spiro atoms. The highest BCUT2D eigenvalue weighted by Gasteiger charge is 2.15. The maximum absolute atomic E-state index is 4.35. The molecule has 0 N–H and O–H groups in total. The third-order valence-corrected chi connectivity index (χ3v) is 3.36. The van der Waals surface area contributed by atoms with Crippen LogP contribution in [-0.4, -0.2) is 23.1 Å². The van der Waals surface area contributed by atoms with Crippen LogP contribution in [0.3, 0.4) is 0 Å². The van der Waals surface area contributed by atoms with Crippen molar-refractivity contribution in [2.24, 2.45) is 0 Å². The molecule has 1 aliphatic heterocycles. The van der Waals surface area contributed by atoms with Gasteiger partial charge < -0.3 is 4.90 Å². The largest absolute Gasteiger partial charge is 0.337 e. The monoisotopic (exact) mass is 315 g/mol. The van der Waals surface area contributed by atoms with Crippen LogP contribution in [-0.2, 0) is 0 Å². The summed E-state index contributed by atoms with van der Waals surface area (Å²) in [5.74, 6) is 0.849. The van der Waals surface area contributed by atoms with Crippen LogP contribution >= 0.6 is 22.6 Å². The number of hydrogen-bond donors (Lipinski definition) is 0. The Balaban J connectivity index is 2.17. The Labute approximate surface area is 104 Å². The molecule has 80 valence electrons. The summed E-state index contributed by atoms with van der Waals surface area (Å²) < 4.78 is 1.08. The molecule has 0 aliphatic carbocycles. The van der Waals surface area contributed by atoms with Crippen molar-refractivity contribution >= 4 is 28.5 Å². The Morgan fingerprint density at radius 3 is 2.47 bits per heavy atom. The fourth-order valence-corrected chi connectivity index (χ4v) is 1.93. The summed E-state index contributed by atoms with van der Waals surface area (Å²) >= 11 is 2.22. The first-order valence-electron chi connectivity index (χ1n) is 5.04. The first kappa shape index (κ1) is 10.9. The van der Waals surface area contributed by atoms with E-state index in [1.165, 1.54) is 11.1 Å². The van der Waals surface area contributed by atoms with Gasteiger partial charge in [0.05, 0.1) is 0 Å². The lowest BCUT2D eigenvalue weighted by atomic mass is 10.0. The smallest absolute Gasteiger partial charge is 0.225 e. The summed E-state index contributed by atoms with van der Waals surface area (Å²) in [7, 11) is 0. The van der Waals surface area contributed by atoms with Crippen LogP contribution in [0.4, 0.5) is 5.95 Å². The van der Waals surface area contributed by atoms with E-state index in [2.05, 4.69) is 51.3 Å². The molecule has 4 heteroatoms. The van der Waals surface area contributed by atoms with Crippen LogP contribution in [0.5, 0.6) is 0 Å².